The minimum absolute atomic E-state index is 0.105. The van der Waals surface area contributed by atoms with Crippen LogP contribution in [0.2, 0.25) is 0 Å². The number of hydrogen-bond acceptors (Lipinski definition) is 15. The summed E-state index contributed by atoms with van der Waals surface area (Å²) in [7, 11) is -9.91. The average Bonchev–Trinajstić information content (AvgIpc) is 1.02. The first-order chi connectivity index (χ1) is 47.5. The first-order valence-corrected chi connectivity index (χ1v) is 44.1. The summed E-state index contributed by atoms with van der Waals surface area (Å²) in [5, 5.41) is 10.6. The largest absolute Gasteiger partial charge is 0.472 e. The van der Waals surface area contributed by atoms with E-state index < -0.39 is 97.5 Å². The smallest absolute Gasteiger partial charge is 0.462 e. The molecular formula is C79H154O17P2. The normalized spacial score (nSPS) is 13.9. The lowest BCUT2D eigenvalue weighted by molar-refractivity contribution is -0.161. The lowest BCUT2D eigenvalue weighted by atomic mass is 10.0. The number of hydrogen-bond donors (Lipinski definition) is 3. The maximum atomic E-state index is 13.1. The molecule has 0 aliphatic carbocycles. The van der Waals surface area contributed by atoms with E-state index in [1.54, 1.807) is 0 Å². The second kappa shape index (κ2) is 72.0. The summed E-state index contributed by atoms with van der Waals surface area (Å²) >= 11 is 0. The van der Waals surface area contributed by atoms with Crippen LogP contribution in [0.1, 0.15) is 420 Å². The Labute approximate surface area is 600 Å². The fourth-order valence-corrected chi connectivity index (χ4v) is 13.8. The number of aliphatic hydroxyl groups is 1. The minimum atomic E-state index is -4.96. The predicted octanol–water partition coefficient (Wildman–Crippen LogP) is 23.6. The number of rotatable bonds is 79. The van der Waals surface area contributed by atoms with E-state index in [4.69, 9.17) is 37.0 Å². The number of carbonyl (C=O) groups excluding carboxylic acids is 4. The molecule has 3 N–H and O–H groups in total. The molecular weight excluding hydrogens is 1280 g/mol. The second-order valence-electron chi connectivity index (χ2n) is 28.9. The molecule has 0 heterocycles. The summed E-state index contributed by atoms with van der Waals surface area (Å²) < 4.78 is 68.6. The quantitative estimate of drug-likeness (QED) is 0.0222. The summed E-state index contributed by atoms with van der Waals surface area (Å²) in [5.74, 6) is -1.39. The number of phosphoric acid groups is 2. The molecule has 0 aromatic heterocycles. The zero-order chi connectivity index (χ0) is 71.9. The molecule has 0 aromatic carbocycles. The van der Waals surface area contributed by atoms with Gasteiger partial charge in [0.2, 0.25) is 0 Å². The molecule has 0 radical (unpaired) electrons. The minimum Gasteiger partial charge on any atom is -0.462 e. The fraction of sp³-hybridized carbons (Fsp3) is 0.949. The maximum Gasteiger partial charge on any atom is 0.472 e. The van der Waals surface area contributed by atoms with Crippen LogP contribution in [0.3, 0.4) is 0 Å². The van der Waals surface area contributed by atoms with Gasteiger partial charge in [-0.2, -0.15) is 0 Å². The van der Waals surface area contributed by atoms with Crippen molar-refractivity contribution in [3.8, 4) is 0 Å². The van der Waals surface area contributed by atoms with Crippen molar-refractivity contribution in [2.45, 2.75) is 438 Å². The van der Waals surface area contributed by atoms with Crippen molar-refractivity contribution >= 4 is 39.5 Å². The highest BCUT2D eigenvalue weighted by Crippen LogP contribution is 2.45. The van der Waals surface area contributed by atoms with Crippen LogP contribution < -0.4 is 0 Å². The molecule has 2 unspecified atom stereocenters. The molecule has 19 heteroatoms. The lowest BCUT2D eigenvalue weighted by Crippen LogP contribution is -2.30. The van der Waals surface area contributed by atoms with Crippen molar-refractivity contribution < 1.29 is 80.2 Å². The summed E-state index contributed by atoms with van der Waals surface area (Å²) in [4.78, 5) is 72.8. The Morgan fingerprint density at radius 1 is 0.276 bits per heavy atom. The third-order valence-electron chi connectivity index (χ3n) is 18.5. The van der Waals surface area contributed by atoms with E-state index in [-0.39, 0.29) is 25.7 Å². The van der Waals surface area contributed by atoms with Crippen LogP contribution in [0, 0.1) is 5.92 Å². The van der Waals surface area contributed by atoms with Crippen LogP contribution >= 0.6 is 15.6 Å². The molecule has 0 saturated heterocycles. The van der Waals surface area contributed by atoms with Gasteiger partial charge in [0.05, 0.1) is 26.4 Å². The van der Waals surface area contributed by atoms with Gasteiger partial charge < -0.3 is 33.8 Å². The van der Waals surface area contributed by atoms with Gasteiger partial charge in [-0.1, -0.05) is 369 Å². The molecule has 0 aliphatic rings. The van der Waals surface area contributed by atoms with Gasteiger partial charge in [0.1, 0.15) is 19.3 Å². The van der Waals surface area contributed by atoms with E-state index in [0.29, 0.717) is 25.7 Å². The van der Waals surface area contributed by atoms with Gasteiger partial charge >= 0.3 is 39.5 Å². The maximum absolute atomic E-state index is 13.1. The summed E-state index contributed by atoms with van der Waals surface area (Å²) in [6.07, 6.45) is 62.6. The Balaban J connectivity index is 5.19. The summed E-state index contributed by atoms with van der Waals surface area (Å²) in [6, 6.07) is 0. The molecule has 0 bridgehead atoms. The molecule has 0 saturated carbocycles. The summed E-state index contributed by atoms with van der Waals surface area (Å²) in [5.41, 5.74) is 0. The number of unbranched alkanes of at least 4 members (excludes halogenated alkanes) is 51. The lowest BCUT2D eigenvalue weighted by Gasteiger charge is -2.21. The molecule has 0 amide bonds. The first kappa shape index (κ1) is 96.1. The van der Waals surface area contributed by atoms with E-state index in [9.17, 15) is 43.2 Å². The molecule has 0 aromatic rings. The number of ether oxygens (including phenoxy) is 4. The van der Waals surface area contributed by atoms with E-state index in [1.165, 1.54) is 244 Å². The van der Waals surface area contributed by atoms with Gasteiger partial charge in [-0.15, -0.1) is 0 Å². The summed E-state index contributed by atoms with van der Waals surface area (Å²) in [6.45, 7) is 7.25. The Morgan fingerprint density at radius 2 is 0.469 bits per heavy atom. The van der Waals surface area contributed by atoms with Crippen LogP contribution in [0.5, 0.6) is 0 Å². The number of esters is 4. The number of carbonyl (C=O) groups is 4. The SMILES string of the molecule is CCCCCCCCCCCCCCCCCCCCCCC(=O)O[C@H](COC(=O)CCCCCCCCCCCCCCCCCCCC)COP(=O)(O)OC[C@@H](O)COP(=O)(O)OC[C@@H](COC(=O)CCCCCCCCCCC)OC(=O)CCCCCCCCCCC(C)C. The molecule has 17 nitrogen and oxygen atoms in total. The standard InChI is InChI=1S/C79H154O17P2/c1-6-9-12-15-18-21-23-25-27-29-31-32-34-36-38-40-43-49-54-59-64-78(83)95-74(69-90-77(82)63-58-53-48-42-39-37-35-33-30-28-26-24-22-19-16-13-10-7-2)70-93-97(85,86)91-66-73(80)67-92-98(87,88)94-71-75(68-89-76(81)62-57-52-47-41-20-17-14-11-8-3)96-79(84)65-60-55-50-45-44-46-51-56-61-72(4)5/h72-75,80H,6-71H2,1-5H3,(H,85,86)(H,87,88)/t73-,74-,75-/m1/s1. The van der Waals surface area contributed by atoms with Crippen molar-refractivity contribution in [3.63, 3.8) is 0 Å². The van der Waals surface area contributed by atoms with Crippen molar-refractivity contribution in [2.75, 3.05) is 39.6 Å². The van der Waals surface area contributed by atoms with Gasteiger partial charge in [-0.05, 0) is 31.6 Å². The molecule has 0 rings (SSSR count). The Bertz CT molecular complexity index is 1870. The van der Waals surface area contributed by atoms with Crippen molar-refractivity contribution in [1.29, 1.82) is 0 Å². The third-order valence-corrected chi connectivity index (χ3v) is 20.4. The van der Waals surface area contributed by atoms with Crippen LogP contribution in [0.25, 0.3) is 0 Å². The third kappa shape index (κ3) is 72.4. The van der Waals surface area contributed by atoms with E-state index in [1.807, 2.05) is 0 Å². The monoisotopic (exact) mass is 1440 g/mol. The Morgan fingerprint density at radius 3 is 0.694 bits per heavy atom. The molecule has 0 aliphatic heterocycles. The van der Waals surface area contributed by atoms with Crippen molar-refractivity contribution in [2.24, 2.45) is 5.92 Å². The van der Waals surface area contributed by atoms with Gasteiger partial charge in [0.25, 0.3) is 0 Å². The van der Waals surface area contributed by atoms with Crippen LogP contribution in [-0.4, -0.2) is 96.7 Å². The first-order valence-electron chi connectivity index (χ1n) is 41.1. The van der Waals surface area contributed by atoms with Crippen LogP contribution in [-0.2, 0) is 65.4 Å². The van der Waals surface area contributed by atoms with Crippen molar-refractivity contribution in [1.82, 2.24) is 0 Å². The van der Waals surface area contributed by atoms with Crippen LogP contribution in [0.4, 0.5) is 0 Å². The molecule has 582 valence electrons. The van der Waals surface area contributed by atoms with Gasteiger partial charge in [-0.25, -0.2) is 9.13 Å². The van der Waals surface area contributed by atoms with Gasteiger partial charge in [0.15, 0.2) is 12.2 Å². The molecule has 0 fully saturated rings. The predicted molar refractivity (Wildman–Crippen MR) is 400 cm³/mol. The van der Waals surface area contributed by atoms with E-state index >= 15 is 0 Å². The molecule has 5 atom stereocenters. The molecule has 0 spiro atoms. The van der Waals surface area contributed by atoms with Crippen LogP contribution in [0.15, 0.2) is 0 Å². The number of phosphoric ester groups is 2. The highest BCUT2D eigenvalue weighted by Gasteiger charge is 2.30. The molecule has 98 heavy (non-hydrogen) atoms. The second-order valence-corrected chi connectivity index (χ2v) is 31.8. The zero-order valence-corrected chi connectivity index (χ0v) is 65.7. The van der Waals surface area contributed by atoms with E-state index in [2.05, 4.69) is 34.6 Å². The zero-order valence-electron chi connectivity index (χ0n) is 63.9. The average molecular weight is 1440 g/mol. The Kier molecular flexibility index (Phi) is 70.6. The highest BCUT2D eigenvalue weighted by atomic mass is 31.2. The van der Waals surface area contributed by atoms with Gasteiger partial charge in [-0.3, -0.25) is 37.3 Å². The Hall–Kier alpha value is -1.94. The van der Waals surface area contributed by atoms with Gasteiger partial charge in [0, 0.05) is 25.7 Å². The van der Waals surface area contributed by atoms with Crippen molar-refractivity contribution in [3.05, 3.63) is 0 Å². The van der Waals surface area contributed by atoms with E-state index in [0.717, 1.165) is 95.8 Å². The topological polar surface area (TPSA) is 237 Å². The highest BCUT2D eigenvalue weighted by molar-refractivity contribution is 7.47. The fourth-order valence-electron chi connectivity index (χ4n) is 12.2. The number of aliphatic hydroxyl groups excluding tert-OH is 1.